The highest BCUT2D eigenvalue weighted by molar-refractivity contribution is 6.29. The minimum absolute atomic E-state index is 0.0145. The fourth-order valence-electron chi connectivity index (χ4n) is 3.44. The van der Waals surface area contributed by atoms with Gasteiger partial charge in [-0.05, 0) is 25.1 Å². The van der Waals surface area contributed by atoms with Gasteiger partial charge in [0.15, 0.2) is 5.69 Å². The molecule has 10 nitrogen and oxygen atoms in total. The van der Waals surface area contributed by atoms with Crippen molar-refractivity contribution < 1.29 is 27.8 Å². The van der Waals surface area contributed by atoms with Crippen LogP contribution in [0.4, 0.5) is 18.9 Å². The molecule has 4 aromatic rings. The number of carboxylic acid groups (broad SMARTS) is 1. The number of ether oxygens (including phenoxy) is 1. The van der Waals surface area contributed by atoms with Gasteiger partial charge in [0, 0.05) is 41.8 Å². The van der Waals surface area contributed by atoms with Crippen LogP contribution in [0.5, 0.6) is 6.01 Å². The standard InChI is InChI=1S/C22H16ClF3N6O4/c1-10-16(12-7-28-21(36-2)29-8-12)31-18-11(5-13(22(24,25)26)9-32(18)19(10)33)6-27-14-3-4-15(23)30-17(14)20(34)35/h3-5,7-9,27H,6H2,1-2H3,(H,34,35). The Labute approximate surface area is 205 Å². The number of nitrogens with one attached hydrogen (secondary N) is 1. The number of aromatic nitrogens is 5. The van der Waals surface area contributed by atoms with Crippen molar-refractivity contribution in [3.63, 3.8) is 0 Å². The first-order valence-electron chi connectivity index (χ1n) is 10.1. The normalized spacial score (nSPS) is 11.5. The first kappa shape index (κ1) is 24.9. The number of methoxy groups -OCH3 is 1. The van der Waals surface area contributed by atoms with Crippen molar-refractivity contribution in [2.24, 2.45) is 0 Å². The van der Waals surface area contributed by atoms with E-state index < -0.39 is 29.0 Å². The van der Waals surface area contributed by atoms with E-state index in [1.54, 1.807) is 0 Å². The molecule has 14 heteroatoms. The van der Waals surface area contributed by atoms with Gasteiger partial charge in [0.25, 0.3) is 5.56 Å². The number of rotatable bonds is 6. The highest BCUT2D eigenvalue weighted by atomic mass is 35.5. The zero-order valence-electron chi connectivity index (χ0n) is 18.6. The number of hydrogen-bond acceptors (Lipinski definition) is 8. The summed E-state index contributed by atoms with van der Waals surface area (Å²) < 4.78 is 46.6. The van der Waals surface area contributed by atoms with Crippen LogP contribution in [0.1, 0.15) is 27.2 Å². The van der Waals surface area contributed by atoms with Crippen LogP contribution >= 0.6 is 11.6 Å². The maximum Gasteiger partial charge on any atom is 0.417 e. The summed E-state index contributed by atoms with van der Waals surface area (Å²) in [4.78, 5) is 40.8. The van der Waals surface area contributed by atoms with Gasteiger partial charge in [-0.1, -0.05) is 11.6 Å². The Kier molecular flexibility index (Phi) is 6.50. The lowest BCUT2D eigenvalue weighted by atomic mass is 10.1. The van der Waals surface area contributed by atoms with Gasteiger partial charge in [-0.3, -0.25) is 9.20 Å². The second kappa shape index (κ2) is 9.41. The maximum atomic E-state index is 13.6. The summed E-state index contributed by atoms with van der Waals surface area (Å²) >= 11 is 5.76. The third-order valence-corrected chi connectivity index (χ3v) is 5.38. The van der Waals surface area contributed by atoms with Crippen LogP contribution in [0.2, 0.25) is 5.15 Å². The molecule has 0 aliphatic heterocycles. The largest absolute Gasteiger partial charge is 0.476 e. The van der Waals surface area contributed by atoms with E-state index in [1.807, 2.05) is 0 Å². The van der Waals surface area contributed by atoms with Crippen molar-refractivity contribution in [3.05, 3.63) is 74.7 Å². The number of carboxylic acids is 1. The fourth-order valence-corrected chi connectivity index (χ4v) is 3.59. The Hall–Kier alpha value is -4.26. The molecule has 36 heavy (non-hydrogen) atoms. The van der Waals surface area contributed by atoms with E-state index in [9.17, 15) is 27.9 Å². The number of carbonyl (C=O) groups is 1. The average molecular weight is 521 g/mol. The maximum absolute atomic E-state index is 13.6. The number of hydrogen-bond donors (Lipinski definition) is 2. The average Bonchev–Trinajstić information content (AvgIpc) is 2.84. The Morgan fingerprint density at radius 1 is 1.22 bits per heavy atom. The van der Waals surface area contributed by atoms with Crippen molar-refractivity contribution in [3.8, 4) is 17.3 Å². The third kappa shape index (κ3) is 4.77. The molecule has 186 valence electrons. The number of pyridine rings is 2. The van der Waals surface area contributed by atoms with Crippen molar-refractivity contribution in [1.82, 2.24) is 24.3 Å². The van der Waals surface area contributed by atoms with E-state index in [1.165, 1.54) is 38.6 Å². The second-order valence-corrected chi connectivity index (χ2v) is 7.87. The van der Waals surface area contributed by atoms with Gasteiger partial charge in [0.2, 0.25) is 0 Å². The van der Waals surface area contributed by atoms with E-state index in [2.05, 4.69) is 25.3 Å². The zero-order valence-corrected chi connectivity index (χ0v) is 19.3. The molecule has 0 fully saturated rings. The van der Waals surface area contributed by atoms with Crippen LogP contribution in [-0.2, 0) is 12.7 Å². The molecule has 0 aliphatic carbocycles. The van der Waals surface area contributed by atoms with Gasteiger partial charge in [-0.25, -0.2) is 24.7 Å². The molecule has 4 heterocycles. The summed E-state index contributed by atoms with van der Waals surface area (Å²) in [5, 5.41) is 12.1. The molecule has 4 aromatic heterocycles. The molecule has 0 amide bonds. The number of alkyl halides is 3. The monoisotopic (exact) mass is 520 g/mol. The van der Waals surface area contributed by atoms with Gasteiger partial charge in [-0.15, -0.1) is 0 Å². The molecular weight excluding hydrogens is 505 g/mol. The molecule has 0 saturated heterocycles. The summed E-state index contributed by atoms with van der Waals surface area (Å²) in [6, 6.07) is 3.58. The third-order valence-electron chi connectivity index (χ3n) is 5.17. The van der Waals surface area contributed by atoms with Gasteiger partial charge in [0.05, 0.1) is 24.1 Å². The molecule has 0 saturated carbocycles. The Bertz CT molecular complexity index is 1540. The van der Waals surface area contributed by atoms with E-state index >= 15 is 0 Å². The number of aromatic carboxylic acids is 1. The molecule has 0 spiro atoms. The quantitative estimate of drug-likeness (QED) is 0.364. The lowest BCUT2D eigenvalue weighted by Gasteiger charge is -2.16. The van der Waals surface area contributed by atoms with Crippen molar-refractivity contribution in [2.75, 3.05) is 12.4 Å². The van der Waals surface area contributed by atoms with Gasteiger partial charge >= 0.3 is 18.2 Å². The fraction of sp³-hybridized carbons (Fsp3) is 0.182. The lowest BCUT2D eigenvalue weighted by molar-refractivity contribution is -0.137. The first-order valence-corrected chi connectivity index (χ1v) is 10.5. The number of nitrogens with zero attached hydrogens (tertiary/aromatic N) is 5. The number of halogens is 4. The van der Waals surface area contributed by atoms with E-state index in [0.717, 1.165) is 10.5 Å². The molecule has 2 N–H and O–H groups in total. The topological polar surface area (TPSA) is 132 Å². The van der Waals surface area contributed by atoms with Crippen LogP contribution in [0.3, 0.4) is 0 Å². The van der Waals surface area contributed by atoms with Crippen LogP contribution < -0.4 is 15.6 Å². The molecule has 0 bridgehead atoms. The summed E-state index contributed by atoms with van der Waals surface area (Å²) in [7, 11) is 1.38. The van der Waals surface area contributed by atoms with Crippen LogP contribution in [0.15, 0.2) is 41.6 Å². The molecule has 0 aliphatic rings. The van der Waals surface area contributed by atoms with E-state index in [-0.39, 0.29) is 45.9 Å². The number of fused-ring (bicyclic) bond motifs is 1. The Morgan fingerprint density at radius 2 is 1.92 bits per heavy atom. The number of anilines is 1. The van der Waals surface area contributed by atoms with Gasteiger partial charge in [0.1, 0.15) is 10.8 Å². The van der Waals surface area contributed by atoms with Gasteiger partial charge < -0.3 is 15.2 Å². The highest BCUT2D eigenvalue weighted by Gasteiger charge is 2.32. The van der Waals surface area contributed by atoms with Crippen molar-refractivity contribution in [2.45, 2.75) is 19.6 Å². The minimum atomic E-state index is -4.76. The van der Waals surface area contributed by atoms with Crippen LogP contribution in [0, 0.1) is 6.92 Å². The molecule has 4 rings (SSSR count). The predicted octanol–water partition coefficient (Wildman–Crippen LogP) is 3.85. The smallest absolute Gasteiger partial charge is 0.417 e. The first-order chi connectivity index (χ1) is 17.0. The summed E-state index contributed by atoms with van der Waals surface area (Å²) in [6.45, 7) is 1.11. The Balaban J connectivity index is 1.89. The molecule has 0 atom stereocenters. The lowest BCUT2D eigenvalue weighted by Crippen LogP contribution is -2.23. The van der Waals surface area contributed by atoms with Crippen molar-refractivity contribution >= 4 is 28.9 Å². The van der Waals surface area contributed by atoms with Crippen LogP contribution in [0.25, 0.3) is 16.9 Å². The second-order valence-electron chi connectivity index (χ2n) is 7.48. The van der Waals surface area contributed by atoms with Crippen molar-refractivity contribution in [1.29, 1.82) is 0 Å². The SMILES string of the molecule is COc1ncc(-c2nc3c(CNc4ccc(Cl)nc4C(=O)O)cc(C(F)(F)F)cn3c(=O)c2C)cn1. The van der Waals surface area contributed by atoms with E-state index in [0.29, 0.717) is 11.8 Å². The highest BCUT2D eigenvalue weighted by Crippen LogP contribution is 2.31. The molecule has 0 unspecified atom stereocenters. The molecular formula is C22H16ClF3N6O4. The molecule has 0 aromatic carbocycles. The summed E-state index contributed by atoms with van der Waals surface area (Å²) in [5.74, 6) is -1.39. The van der Waals surface area contributed by atoms with E-state index in [4.69, 9.17) is 16.3 Å². The van der Waals surface area contributed by atoms with Crippen LogP contribution in [-0.4, -0.2) is 42.5 Å². The summed E-state index contributed by atoms with van der Waals surface area (Å²) in [5.41, 5.74) is -1.71. The summed E-state index contributed by atoms with van der Waals surface area (Å²) in [6.07, 6.45) is -1.34. The zero-order chi connectivity index (χ0) is 26.2. The predicted molar refractivity (Wildman–Crippen MR) is 122 cm³/mol. The minimum Gasteiger partial charge on any atom is -0.476 e. The van der Waals surface area contributed by atoms with Gasteiger partial charge in [-0.2, -0.15) is 13.2 Å². The Morgan fingerprint density at radius 3 is 2.53 bits per heavy atom. The molecule has 0 radical (unpaired) electrons.